The summed E-state index contributed by atoms with van der Waals surface area (Å²) in [6.07, 6.45) is 1.75. The maximum atomic E-state index is 12.4. The second-order valence-electron chi connectivity index (χ2n) is 5.99. The van der Waals surface area contributed by atoms with Crippen molar-refractivity contribution in [2.24, 2.45) is 0 Å². The van der Waals surface area contributed by atoms with Gasteiger partial charge in [-0.2, -0.15) is 0 Å². The van der Waals surface area contributed by atoms with Crippen LogP contribution in [0.4, 0.5) is 0 Å². The van der Waals surface area contributed by atoms with Crippen molar-refractivity contribution in [2.75, 3.05) is 0 Å². The van der Waals surface area contributed by atoms with Gasteiger partial charge >= 0.3 is 0 Å². The normalized spacial score (nSPS) is 10.5. The molecule has 1 amide bonds. The molecule has 0 saturated carbocycles. The number of nitrogens with zero attached hydrogens (tertiary/aromatic N) is 2. The van der Waals surface area contributed by atoms with Crippen molar-refractivity contribution >= 4 is 17.2 Å². The predicted molar refractivity (Wildman–Crippen MR) is 108 cm³/mol. The molecule has 2 aromatic carbocycles. The lowest BCUT2D eigenvalue weighted by Gasteiger charge is -2.05. The third kappa shape index (κ3) is 4.10. The summed E-state index contributed by atoms with van der Waals surface area (Å²) in [4.78, 5) is 21.2. The highest BCUT2D eigenvalue weighted by Crippen LogP contribution is 2.21. The van der Waals surface area contributed by atoms with Crippen LogP contribution < -0.4 is 5.32 Å². The summed E-state index contributed by atoms with van der Waals surface area (Å²) in [5, 5.41) is 5.73. The van der Waals surface area contributed by atoms with E-state index in [1.165, 1.54) is 11.3 Å². The lowest BCUT2D eigenvalue weighted by atomic mass is 10.0. The molecule has 0 aliphatic heterocycles. The molecule has 0 fully saturated rings. The molecular weight excluding hydrogens is 354 g/mol. The van der Waals surface area contributed by atoms with Crippen LogP contribution in [0.1, 0.15) is 16.1 Å². The zero-order valence-electron chi connectivity index (χ0n) is 14.5. The average Bonchev–Trinajstić information content (AvgIpc) is 3.22. The van der Waals surface area contributed by atoms with Gasteiger partial charge in [0.25, 0.3) is 5.91 Å². The molecule has 0 spiro atoms. The fourth-order valence-electron chi connectivity index (χ4n) is 2.71. The summed E-state index contributed by atoms with van der Waals surface area (Å²) in [7, 11) is 0. The van der Waals surface area contributed by atoms with Crippen molar-refractivity contribution in [2.45, 2.75) is 6.54 Å². The van der Waals surface area contributed by atoms with Crippen LogP contribution in [-0.4, -0.2) is 15.9 Å². The number of carbonyl (C=O) groups excluding carboxylic acids is 1. The highest BCUT2D eigenvalue weighted by molar-refractivity contribution is 7.13. The summed E-state index contributed by atoms with van der Waals surface area (Å²) < 4.78 is 0. The number of rotatable bonds is 5. The van der Waals surface area contributed by atoms with Crippen molar-refractivity contribution in [3.8, 4) is 21.8 Å². The molecule has 4 nitrogen and oxygen atoms in total. The Bertz CT molecular complexity index is 1030. The van der Waals surface area contributed by atoms with Crippen molar-refractivity contribution in [1.82, 2.24) is 15.3 Å². The topological polar surface area (TPSA) is 54.9 Å². The molecule has 4 aromatic rings. The molecule has 132 valence electrons. The largest absolute Gasteiger partial charge is 0.346 e. The van der Waals surface area contributed by atoms with Gasteiger partial charge in [-0.15, -0.1) is 11.3 Å². The Morgan fingerprint density at radius 3 is 2.37 bits per heavy atom. The SMILES string of the molecule is O=C(NCc1csc(-c2ccccn2)n1)c1ccc(-c2ccccc2)cc1. The van der Waals surface area contributed by atoms with Crippen LogP contribution in [0.2, 0.25) is 0 Å². The fourth-order valence-corrected chi connectivity index (χ4v) is 3.51. The summed E-state index contributed by atoms with van der Waals surface area (Å²) in [6.45, 7) is 0.391. The number of thiazole rings is 1. The first-order valence-electron chi connectivity index (χ1n) is 8.59. The molecule has 0 radical (unpaired) electrons. The lowest BCUT2D eigenvalue weighted by Crippen LogP contribution is -2.22. The molecule has 0 saturated heterocycles. The van der Waals surface area contributed by atoms with E-state index in [-0.39, 0.29) is 5.91 Å². The number of carbonyl (C=O) groups is 1. The van der Waals surface area contributed by atoms with Crippen LogP contribution in [0.3, 0.4) is 0 Å². The third-order valence-electron chi connectivity index (χ3n) is 4.12. The summed E-state index contributed by atoms with van der Waals surface area (Å²) >= 11 is 1.52. The lowest BCUT2D eigenvalue weighted by molar-refractivity contribution is 0.0950. The number of hydrogen-bond acceptors (Lipinski definition) is 4. The van der Waals surface area contributed by atoms with Crippen LogP contribution in [0, 0.1) is 0 Å². The zero-order valence-corrected chi connectivity index (χ0v) is 15.3. The van der Waals surface area contributed by atoms with Crippen LogP contribution >= 0.6 is 11.3 Å². The number of pyridine rings is 1. The second-order valence-corrected chi connectivity index (χ2v) is 6.84. The van der Waals surface area contributed by atoms with E-state index in [1.54, 1.807) is 6.20 Å². The Labute approximate surface area is 161 Å². The summed E-state index contributed by atoms with van der Waals surface area (Å²) in [5.74, 6) is -0.109. The van der Waals surface area contributed by atoms with Crippen molar-refractivity contribution in [3.63, 3.8) is 0 Å². The molecular formula is C22H17N3OS. The van der Waals surface area contributed by atoms with Crippen LogP contribution in [-0.2, 0) is 6.54 Å². The van der Waals surface area contributed by atoms with E-state index in [1.807, 2.05) is 66.0 Å². The number of benzene rings is 2. The molecule has 27 heavy (non-hydrogen) atoms. The van der Waals surface area contributed by atoms with Gasteiger partial charge in [0, 0.05) is 17.1 Å². The smallest absolute Gasteiger partial charge is 0.251 e. The minimum Gasteiger partial charge on any atom is -0.346 e. The number of amides is 1. The Kier molecular flexibility index (Phi) is 5.03. The minimum absolute atomic E-state index is 0.109. The van der Waals surface area contributed by atoms with Gasteiger partial charge in [0.05, 0.1) is 17.9 Å². The van der Waals surface area contributed by atoms with Gasteiger partial charge in [0.2, 0.25) is 0 Å². The molecule has 5 heteroatoms. The molecule has 1 N–H and O–H groups in total. The molecule has 0 aliphatic rings. The number of aromatic nitrogens is 2. The van der Waals surface area contributed by atoms with Gasteiger partial charge in [0.15, 0.2) is 0 Å². The monoisotopic (exact) mass is 371 g/mol. The van der Waals surface area contributed by atoms with Gasteiger partial charge in [0.1, 0.15) is 5.01 Å². The van der Waals surface area contributed by atoms with Crippen LogP contribution in [0.25, 0.3) is 21.8 Å². The second kappa shape index (κ2) is 7.93. The number of hydrogen-bond donors (Lipinski definition) is 1. The first-order valence-corrected chi connectivity index (χ1v) is 9.47. The summed E-state index contributed by atoms with van der Waals surface area (Å²) in [6, 6.07) is 23.5. The Morgan fingerprint density at radius 2 is 1.63 bits per heavy atom. The van der Waals surface area contributed by atoms with Gasteiger partial charge in [-0.25, -0.2) is 4.98 Å². The van der Waals surface area contributed by atoms with Gasteiger partial charge in [-0.05, 0) is 35.4 Å². The minimum atomic E-state index is -0.109. The Morgan fingerprint density at radius 1 is 0.889 bits per heavy atom. The van der Waals surface area contributed by atoms with E-state index in [9.17, 15) is 4.79 Å². The van der Waals surface area contributed by atoms with Gasteiger partial charge in [-0.1, -0.05) is 48.5 Å². The molecule has 2 aromatic heterocycles. The van der Waals surface area contributed by atoms with Gasteiger partial charge < -0.3 is 5.32 Å². The molecule has 0 atom stereocenters. The highest BCUT2D eigenvalue weighted by Gasteiger charge is 2.09. The van der Waals surface area contributed by atoms with E-state index >= 15 is 0 Å². The van der Waals surface area contributed by atoms with E-state index in [2.05, 4.69) is 27.4 Å². The number of nitrogens with one attached hydrogen (secondary N) is 1. The predicted octanol–water partition coefficient (Wildman–Crippen LogP) is 4.80. The molecule has 4 rings (SSSR count). The summed E-state index contributed by atoms with van der Waals surface area (Å²) in [5.41, 5.74) is 4.53. The maximum Gasteiger partial charge on any atom is 0.251 e. The van der Waals surface area contributed by atoms with E-state index in [4.69, 9.17) is 0 Å². The maximum absolute atomic E-state index is 12.4. The van der Waals surface area contributed by atoms with Gasteiger partial charge in [-0.3, -0.25) is 9.78 Å². The first kappa shape index (κ1) is 17.1. The van der Waals surface area contributed by atoms with E-state index < -0.39 is 0 Å². The molecule has 0 unspecified atom stereocenters. The molecule has 2 heterocycles. The van der Waals surface area contributed by atoms with Crippen molar-refractivity contribution < 1.29 is 4.79 Å². The Balaban J connectivity index is 1.39. The first-order chi connectivity index (χ1) is 13.3. The van der Waals surface area contributed by atoms with E-state index in [0.717, 1.165) is 27.5 Å². The third-order valence-corrected chi connectivity index (χ3v) is 5.03. The van der Waals surface area contributed by atoms with Crippen LogP contribution in [0.5, 0.6) is 0 Å². The van der Waals surface area contributed by atoms with Crippen molar-refractivity contribution in [1.29, 1.82) is 0 Å². The average molecular weight is 371 g/mol. The standard InChI is InChI=1S/C22H17N3OS/c26-21(18-11-9-17(10-12-18)16-6-2-1-3-7-16)24-14-19-15-27-22(25-19)20-8-4-5-13-23-20/h1-13,15H,14H2,(H,24,26). The Hall–Kier alpha value is -3.31. The van der Waals surface area contributed by atoms with E-state index in [0.29, 0.717) is 12.1 Å². The van der Waals surface area contributed by atoms with Crippen LogP contribution in [0.15, 0.2) is 84.4 Å². The zero-order chi connectivity index (χ0) is 18.5. The fraction of sp³-hybridized carbons (Fsp3) is 0.0455. The molecule has 0 aliphatic carbocycles. The molecule has 0 bridgehead atoms. The highest BCUT2D eigenvalue weighted by atomic mass is 32.1. The van der Waals surface area contributed by atoms with Crippen molar-refractivity contribution in [3.05, 3.63) is 95.6 Å². The quantitative estimate of drug-likeness (QED) is 0.548.